The van der Waals surface area contributed by atoms with E-state index in [1.807, 2.05) is 12.1 Å². The fraction of sp³-hybridized carbons (Fsp3) is 0.400. The molecule has 1 unspecified atom stereocenters. The van der Waals surface area contributed by atoms with E-state index in [9.17, 15) is 4.79 Å². The maximum atomic E-state index is 12.0. The van der Waals surface area contributed by atoms with Gasteiger partial charge in [-0.05, 0) is 47.3 Å². The largest absolute Gasteiger partial charge is 0.467 e. The van der Waals surface area contributed by atoms with Crippen LogP contribution in [0.25, 0.3) is 11.0 Å². The molecule has 1 atom stereocenters. The van der Waals surface area contributed by atoms with Crippen LogP contribution in [0.5, 0.6) is 0 Å². The molecule has 110 valence electrons. The Balaban J connectivity index is 2.07. The molecule has 21 heavy (non-hydrogen) atoms. The summed E-state index contributed by atoms with van der Waals surface area (Å²) in [5.74, 6) is -0.184. The fourth-order valence-electron chi connectivity index (χ4n) is 2.82. The van der Waals surface area contributed by atoms with Crippen molar-refractivity contribution in [3.8, 4) is 0 Å². The lowest BCUT2D eigenvalue weighted by atomic mass is 10.0. The van der Waals surface area contributed by atoms with Crippen molar-refractivity contribution in [2.45, 2.75) is 25.3 Å². The van der Waals surface area contributed by atoms with Gasteiger partial charge < -0.3 is 9.64 Å². The molecule has 5 nitrogen and oxygen atoms in total. The van der Waals surface area contributed by atoms with Crippen molar-refractivity contribution in [2.24, 2.45) is 0 Å². The number of rotatable bonds is 2. The molecule has 0 radical (unpaired) electrons. The van der Waals surface area contributed by atoms with E-state index in [1.54, 1.807) is 12.4 Å². The number of hydrogen-bond donors (Lipinski definition) is 0. The van der Waals surface area contributed by atoms with Gasteiger partial charge in [-0.15, -0.1) is 0 Å². The van der Waals surface area contributed by atoms with Crippen LogP contribution >= 0.6 is 15.9 Å². The van der Waals surface area contributed by atoms with E-state index in [1.165, 1.54) is 7.11 Å². The van der Waals surface area contributed by atoms with Crippen molar-refractivity contribution in [2.75, 3.05) is 18.6 Å². The average Bonchev–Trinajstić information content (AvgIpc) is 2.53. The molecule has 0 bridgehead atoms. The number of carbonyl (C=O) groups is 1. The van der Waals surface area contributed by atoms with E-state index in [4.69, 9.17) is 4.74 Å². The summed E-state index contributed by atoms with van der Waals surface area (Å²) in [6.07, 6.45) is 6.43. The maximum absolute atomic E-state index is 12.0. The molecular formula is C15H16BrN3O2. The minimum Gasteiger partial charge on any atom is -0.467 e. The molecule has 0 aliphatic carbocycles. The third-order valence-electron chi connectivity index (χ3n) is 3.81. The summed E-state index contributed by atoms with van der Waals surface area (Å²) >= 11 is 3.41. The summed E-state index contributed by atoms with van der Waals surface area (Å²) in [5, 5.41) is 0. The van der Waals surface area contributed by atoms with Gasteiger partial charge in [0.25, 0.3) is 0 Å². The number of carbonyl (C=O) groups excluding carboxylic acids is 1. The molecule has 0 aromatic carbocycles. The molecule has 6 heteroatoms. The summed E-state index contributed by atoms with van der Waals surface area (Å²) in [5.41, 5.74) is 2.58. The van der Waals surface area contributed by atoms with Crippen LogP contribution in [-0.4, -0.2) is 35.6 Å². The van der Waals surface area contributed by atoms with Crippen molar-refractivity contribution in [1.29, 1.82) is 0 Å². The number of hydrogen-bond acceptors (Lipinski definition) is 5. The maximum Gasteiger partial charge on any atom is 0.328 e. The molecule has 3 heterocycles. The first-order valence-corrected chi connectivity index (χ1v) is 7.75. The molecule has 3 rings (SSSR count). The van der Waals surface area contributed by atoms with Gasteiger partial charge in [0.1, 0.15) is 11.6 Å². The van der Waals surface area contributed by atoms with Crippen molar-refractivity contribution < 1.29 is 9.53 Å². The minimum atomic E-state index is -0.236. The summed E-state index contributed by atoms with van der Waals surface area (Å²) in [4.78, 5) is 23.0. The SMILES string of the molecule is COC(=O)C1CCCCN1c1ccnc2cc(Br)cnc12. The first-order valence-electron chi connectivity index (χ1n) is 6.95. The average molecular weight is 350 g/mol. The van der Waals surface area contributed by atoms with Gasteiger partial charge in [-0.2, -0.15) is 0 Å². The van der Waals surface area contributed by atoms with Crippen LogP contribution in [-0.2, 0) is 9.53 Å². The second-order valence-corrected chi connectivity index (χ2v) is 6.00. The predicted octanol–water partition coefficient (Wildman–Crippen LogP) is 2.92. The number of methoxy groups -OCH3 is 1. The number of halogens is 1. The first kappa shape index (κ1) is 14.3. The van der Waals surface area contributed by atoms with Gasteiger partial charge in [0, 0.05) is 23.4 Å². The molecular weight excluding hydrogens is 334 g/mol. The number of nitrogens with zero attached hydrogens (tertiary/aromatic N) is 3. The van der Waals surface area contributed by atoms with E-state index in [0.29, 0.717) is 0 Å². The monoisotopic (exact) mass is 349 g/mol. The number of ether oxygens (including phenoxy) is 1. The second-order valence-electron chi connectivity index (χ2n) is 5.08. The normalized spacial score (nSPS) is 18.8. The van der Waals surface area contributed by atoms with Gasteiger partial charge in [0.05, 0.1) is 18.3 Å². The van der Waals surface area contributed by atoms with Gasteiger partial charge >= 0.3 is 5.97 Å². The quantitative estimate of drug-likeness (QED) is 0.780. The third-order valence-corrected chi connectivity index (χ3v) is 4.24. The van der Waals surface area contributed by atoms with Crippen LogP contribution in [0.4, 0.5) is 5.69 Å². The topological polar surface area (TPSA) is 55.3 Å². The summed E-state index contributed by atoms with van der Waals surface area (Å²) in [7, 11) is 1.44. The van der Waals surface area contributed by atoms with E-state index in [2.05, 4.69) is 30.8 Å². The van der Waals surface area contributed by atoms with Crippen LogP contribution in [0.2, 0.25) is 0 Å². The highest BCUT2D eigenvalue weighted by molar-refractivity contribution is 9.10. The molecule has 1 aliphatic rings. The highest BCUT2D eigenvalue weighted by atomic mass is 79.9. The molecule has 0 saturated carbocycles. The Morgan fingerprint density at radius 2 is 2.29 bits per heavy atom. The molecule has 0 amide bonds. The summed E-state index contributed by atoms with van der Waals surface area (Å²) in [6.45, 7) is 0.830. The Morgan fingerprint density at radius 1 is 1.43 bits per heavy atom. The molecule has 1 aliphatic heterocycles. The van der Waals surface area contributed by atoms with E-state index in [-0.39, 0.29) is 12.0 Å². The number of anilines is 1. The Labute approximate surface area is 131 Å². The van der Waals surface area contributed by atoms with Crippen LogP contribution in [0, 0.1) is 0 Å². The molecule has 1 fully saturated rings. The smallest absolute Gasteiger partial charge is 0.328 e. The summed E-state index contributed by atoms with van der Waals surface area (Å²) in [6, 6.07) is 3.62. The zero-order valence-electron chi connectivity index (χ0n) is 11.8. The van der Waals surface area contributed by atoms with Crippen LogP contribution < -0.4 is 4.90 Å². The van der Waals surface area contributed by atoms with Crippen molar-refractivity contribution in [3.05, 3.63) is 29.0 Å². The van der Waals surface area contributed by atoms with Gasteiger partial charge in [0.2, 0.25) is 0 Å². The lowest BCUT2D eigenvalue weighted by molar-refractivity contribution is -0.142. The van der Waals surface area contributed by atoms with Gasteiger partial charge in [-0.1, -0.05) is 0 Å². The molecule has 2 aromatic heterocycles. The number of aromatic nitrogens is 2. The zero-order valence-corrected chi connectivity index (χ0v) is 13.3. The first-order chi connectivity index (χ1) is 10.2. The van der Waals surface area contributed by atoms with E-state index in [0.717, 1.165) is 47.0 Å². The predicted molar refractivity (Wildman–Crippen MR) is 84.2 cm³/mol. The standard InChI is InChI=1S/C15H16BrN3O2/c1-21-15(20)13-4-2-3-7-19(13)12-5-6-17-11-8-10(16)9-18-14(11)12/h5-6,8-9,13H,2-4,7H2,1H3. The Hall–Kier alpha value is -1.69. The number of pyridine rings is 2. The zero-order chi connectivity index (χ0) is 14.8. The molecule has 0 N–H and O–H groups in total. The minimum absolute atomic E-state index is 0.184. The van der Waals surface area contributed by atoms with E-state index >= 15 is 0 Å². The van der Waals surface area contributed by atoms with Crippen molar-refractivity contribution in [3.63, 3.8) is 0 Å². The fourth-order valence-corrected chi connectivity index (χ4v) is 3.14. The Kier molecular flexibility index (Phi) is 4.05. The van der Waals surface area contributed by atoms with Crippen molar-refractivity contribution in [1.82, 2.24) is 9.97 Å². The number of esters is 1. The Morgan fingerprint density at radius 3 is 3.10 bits per heavy atom. The highest BCUT2D eigenvalue weighted by Gasteiger charge is 2.30. The summed E-state index contributed by atoms with van der Waals surface area (Å²) < 4.78 is 5.84. The molecule has 1 saturated heterocycles. The Bertz CT molecular complexity index is 677. The number of fused-ring (bicyclic) bond motifs is 1. The molecule has 2 aromatic rings. The number of piperidine rings is 1. The van der Waals surface area contributed by atoms with Crippen LogP contribution in [0.1, 0.15) is 19.3 Å². The third kappa shape index (κ3) is 2.72. The van der Waals surface area contributed by atoms with Gasteiger partial charge in [0.15, 0.2) is 0 Å². The second kappa shape index (κ2) is 5.97. The lowest BCUT2D eigenvalue weighted by Crippen LogP contribution is -2.45. The van der Waals surface area contributed by atoms with Gasteiger partial charge in [-0.25, -0.2) is 4.79 Å². The van der Waals surface area contributed by atoms with Gasteiger partial charge in [-0.3, -0.25) is 9.97 Å². The highest BCUT2D eigenvalue weighted by Crippen LogP contribution is 2.30. The molecule has 0 spiro atoms. The van der Waals surface area contributed by atoms with Crippen LogP contribution in [0.3, 0.4) is 0 Å². The lowest BCUT2D eigenvalue weighted by Gasteiger charge is -2.35. The van der Waals surface area contributed by atoms with E-state index < -0.39 is 0 Å². The van der Waals surface area contributed by atoms with Crippen molar-refractivity contribution >= 4 is 38.6 Å². The van der Waals surface area contributed by atoms with Crippen LogP contribution in [0.15, 0.2) is 29.0 Å².